The van der Waals surface area contributed by atoms with Crippen molar-refractivity contribution in [1.29, 1.82) is 0 Å². The molecule has 18 heavy (non-hydrogen) atoms. The van der Waals surface area contributed by atoms with Crippen molar-refractivity contribution in [3.63, 3.8) is 0 Å². The Hall–Kier alpha value is -1.20. The summed E-state index contributed by atoms with van der Waals surface area (Å²) in [4.78, 5) is 0.280. The van der Waals surface area contributed by atoms with E-state index in [4.69, 9.17) is 4.42 Å². The number of hydrogen-bond donors (Lipinski definition) is 0. The summed E-state index contributed by atoms with van der Waals surface area (Å²) in [5.74, 6) is 0. The summed E-state index contributed by atoms with van der Waals surface area (Å²) in [5, 5.41) is 11.5. The van der Waals surface area contributed by atoms with Crippen molar-refractivity contribution < 1.29 is 4.42 Å². The third-order valence-electron chi connectivity index (χ3n) is 2.78. The first kappa shape index (κ1) is 11.9. The maximum Gasteiger partial charge on any atom is 0.151 e. The lowest BCUT2D eigenvalue weighted by Gasteiger charge is -1.97. The highest BCUT2D eigenvalue weighted by molar-refractivity contribution is 9.09. The number of nitrogens with zero attached hydrogens (tertiary/aromatic N) is 2. The van der Waals surface area contributed by atoms with Crippen molar-refractivity contribution in [2.24, 2.45) is 0 Å². The minimum Gasteiger partial charge on any atom is -0.464 e. The molecule has 5 heteroatoms. The molecule has 0 N–H and O–H groups in total. The van der Waals surface area contributed by atoms with Crippen LogP contribution < -0.4 is 0 Å². The molecule has 1 aromatic carbocycles. The second-order valence-corrected chi connectivity index (χ2v) is 6.08. The molecule has 3 aromatic rings. The lowest BCUT2D eigenvalue weighted by Crippen LogP contribution is -1.84. The molecule has 0 aliphatic heterocycles. The summed E-state index contributed by atoms with van der Waals surface area (Å²) >= 11 is 5.20. The van der Waals surface area contributed by atoms with Crippen molar-refractivity contribution in [3.05, 3.63) is 35.5 Å². The van der Waals surface area contributed by atoms with Gasteiger partial charge in [0.1, 0.15) is 16.9 Å². The first-order valence-corrected chi connectivity index (χ1v) is 7.47. The summed E-state index contributed by atoms with van der Waals surface area (Å²) in [6.45, 7) is 2.12. The van der Waals surface area contributed by atoms with Gasteiger partial charge in [0.25, 0.3) is 0 Å². The molecule has 3 rings (SSSR count). The van der Waals surface area contributed by atoms with Crippen LogP contribution in [0.15, 0.2) is 34.9 Å². The van der Waals surface area contributed by atoms with Crippen LogP contribution in [0, 0.1) is 0 Å². The van der Waals surface area contributed by atoms with Crippen LogP contribution in [0.2, 0.25) is 0 Å². The average Bonchev–Trinajstić information content (AvgIpc) is 3.03. The molecule has 92 valence electrons. The quantitative estimate of drug-likeness (QED) is 0.650. The normalized spacial score (nSPS) is 13.0. The van der Waals surface area contributed by atoms with Gasteiger partial charge in [-0.3, -0.25) is 0 Å². The van der Waals surface area contributed by atoms with Crippen LogP contribution in [0.4, 0.5) is 0 Å². The fourth-order valence-corrected chi connectivity index (χ4v) is 3.08. The van der Waals surface area contributed by atoms with Crippen LogP contribution in [0.5, 0.6) is 0 Å². The SMILES string of the molecule is CCC(Br)c1nnc(-c2coc3ccccc23)s1. The summed E-state index contributed by atoms with van der Waals surface area (Å²) in [5.41, 5.74) is 1.90. The third kappa shape index (κ3) is 1.97. The van der Waals surface area contributed by atoms with Crippen LogP contribution in [-0.2, 0) is 0 Å². The largest absolute Gasteiger partial charge is 0.464 e. The van der Waals surface area contributed by atoms with E-state index >= 15 is 0 Å². The maximum atomic E-state index is 5.53. The molecule has 0 bridgehead atoms. The zero-order valence-electron chi connectivity index (χ0n) is 9.76. The predicted octanol–water partition coefficient (Wildman–Crippen LogP) is 4.80. The van der Waals surface area contributed by atoms with Crippen LogP contribution >= 0.6 is 27.3 Å². The molecule has 3 nitrogen and oxygen atoms in total. The van der Waals surface area contributed by atoms with Crippen molar-refractivity contribution in [2.75, 3.05) is 0 Å². The highest BCUT2D eigenvalue weighted by atomic mass is 79.9. The van der Waals surface area contributed by atoms with Gasteiger partial charge in [0.15, 0.2) is 5.01 Å². The number of aromatic nitrogens is 2. The molecule has 0 saturated carbocycles. The molecule has 1 atom stereocenters. The van der Waals surface area contributed by atoms with Crippen LogP contribution in [-0.4, -0.2) is 10.2 Å². The first-order valence-electron chi connectivity index (χ1n) is 5.73. The van der Waals surface area contributed by atoms with E-state index in [2.05, 4.69) is 33.1 Å². The van der Waals surface area contributed by atoms with Crippen LogP contribution in [0.3, 0.4) is 0 Å². The number of benzene rings is 1. The topological polar surface area (TPSA) is 38.9 Å². The molecule has 0 radical (unpaired) electrons. The fraction of sp³-hybridized carbons (Fsp3) is 0.231. The lowest BCUT2D eigenvalue weighted by atomic mass is 10.2. The maximum absolute atomic E-state index is 5.53. The van der Waals surface area contributed by atoms with Gasteiger partial charge in [-0.05, 0) is 12.5 Å². The molecule has 2 aromatic heterocycles. The van der Waals surface area contributed by atoms with Gasteiger partial charge in [0.05, 0.1) is 10.4 Å². The van der Waals surface area contributed by atoms with Crippen molar-refractivity contribution >= 4 is 38.2 Å². The minimum atomic E-state index is 0.280. The monoisotopic (exact) mass is 322 g/mol. The summed E-state index contributed by atoms with van der Waals surface area (Å²) in [6.07, 6.45) is 2.75. The van der Waals surface area contributed by atoms with Gasteiger partial charge in [0, 0.05) is 5.39 Å². The number of halogens is 1. The number of alkyl halides is 1. The lowest BCUT2D eigenvalue weighted by molar-refractivity contribution is 0.617. The molecule has 0 aliphatic carbocycles. The van der Waals surface area contributed by atoms with Crippen molar-refractivity contribution in [1.82, 2.24) is 10.2 Å². The molecule has 2 heterocycles. The molecule has 0 saturated heterocycles. The number of furan rings is 1. The van der Waals surface area contributed by atoms with E-state index in [0.29, 0.717) is 0 Å². The van der Waals surface area contributed by atoms with E-state index in [1.165, 1.54) is 0 Å². The number of hydrogen-bond acceptors (Lipinski definition) is 4. The van der Waals surface area contributed by atoms with E-state index < -0.39 is 0 Å². The summed E-state index contributed by atoms with van der Waals surface area (Å²) in [6, 6.07) is 7.97. The molecule has 0 amide bonds. The first-order chi connectivity index (χ1) is 8.79. The second kappa shape index (κ2) is 4.82. The molecular formula is C13H11BrN2OS. The molecule has 1 unspecified atom stereocenters. The zero-order valence-corrected chi connectivity index (χ0v) is 12.2. The van der Waals surface area contributed by atoms with Crippen molar-refractivity contribution in [2.45, 2.75) is 18.2 Å². The summed E-state index contributed by atoms with van der Waals surface area (Å²) < 4.78 is 5.53. The third-order valence-corrected chi connectivity index (χ3v) is 5.23. The van der Waals surface area contributed by atoms with E-state index in [1.807, 2.05) is 24.3 Å². The number of para-hydroxylation sites is 1. The number of rotatable bonds is 3. The van der Waals surface area contributed by atoms with Crippen LogP contribution in [0.25, 0.3) is 21.5 Å². The van der Waals surface area contributed by atoms with Gasteiger partial charge < -0.3 is 4.42 Å². The van der Waals surface area contributed by atoms with Gasteiger partial charge in [-0.1, -0.05) is 52.4 Å². The standard InChI is InChI=1S/C13H11BrN2OS/c1-2-10(14)13-16-15-12(18-13)9-7-17-11-6-4-3-5-8(9)11/h3-7,10H,2H2,1H3. The molecule has 0 spiro atoms. The Bertz CT molecular complexity index is 676. The van der Waals surface area contributed by atoms with Crippen molar-refractivity contribution in [3.8, 4) is 10.6 Å². The highest BCUT2D eigenvalue weighted by Gasteiger charge is 2.15. The predicted molar refractivity (Wildman–Crippen MR) is 77.1 cm³/mol. The minimum absolute atomic E-state index is 0.280. The molecule has 0 fully saturated rings. The Kier molecular flexibility index (Phi) is 3.18. The Morgan fingerprint density at radius 3 is 3.00 bits per heavy atom. The second-order valence-electron chi connectivity index (χ2n) is 3.97. The van der Waals surface area contributed by atoms with Gasteiger partial charge in [-0.15, -0.1) is 10.2 Å². The molecule has 0 aliphatic rings. The van der Waals surface area contributed by atoms with E-state index in [-0.39, 0.29) is 4.83 Å². The summed E-state index contributed by atoms with van der Waals surface area (Å²) in [7, 11) is 0. The number of fused-ring (bicyclic) bond motifs is 1. The van der Waals surface area contributed by atoms with E-state index in [9.17, 15) is 0 Å². The van der Waals surface area contributed by atoms with Gasteiger partial charge in [-0.2, -0.15) is 0 Å². The van der Waals surface area contributed by atoms with Gasteiger partial charge in [-0.25, -0.2) is 0 Å². The smallest absolute Gasteiger partial charge is 0.151 e. The Morgan fingerprint density at radius 2 is 2.17 bits per heavy atom. The van der Waals surface area contributed by atoms with Gasteiger partial charge in [0.2, 0.25) is 0 Å². The van der Waals surface area contributed by atoms with E-state index in [1.54, 1.807) is 17.6 Å². The van der Waals surface area contributed by atoms with Gasteiger partial charge >= 0.3 is 0 Å². The highest BCUT2D eigenvalue weighted by Crippen LogP contribution is 2.36. The molecular weight excluding hydrogens is 312 g/mol. The average molecular weight is 323 g/mol. The Balaban J connectivity index is 2.07. The Labute approximate surface area is 117 Å². The van der Waals surface area contributed by atoms with E-state index in [0.717, 1.165) is 33.0 Å². The zero-order chi connectivity index (χ0) is 12.5. The van der Waals surface area contributed by atoms with Crippen LogP contribution in [0.1, 0.15) is 23.2 Å². The Morgan fingerprint density at radius 1 is 1.33 bits per heavy atom. The fourth-order valence-electron chi connectivity index (χ4n) is 1.79.